The van der Waals surface area contributed by atoms with Crippen LogP contribution in [-0.4, -0.2) is 48.7 Å². The van der Waals surface area contributed by atoms with Crippen LogP contribution in [0, 0.1) is 17.8 Å². The quantitative estimate of drug-likeness (QED) is 0.835. The molecule has 1 aliphatic heterocycles. The van der Waals surface area contributed by atoms with Crippen LogP contribution in [0.15, 0.2) is 0 Å². The van der Waals surface area contributed by atoms with Crippen LogP contribution in [0.5, 0.6) is 0 Å². The standard InChI is InChI=1S/C15H25NO4/c1-20-9-7-11-4-2-3-8-16(10-11)14(17)12-5-6-13(12)15(18)19/h11-13H,2-10H2,1H3,(H,18,19). The Morgan fingerprint density at radius 3 is 2.55 bits per heavy atom. The normalized spacial score (nSPS) is 30.4. The zero-order valence-electron chi connectivity index (χ0n) is 12.2. The molecule has 0 spiro atoms. The molecule has 2 aliphatic rings. The summed E-state index contributed by atoms with van der Waals surface area (Å²) >= 11 is 0. The topological polar surface area (TPSA) is 66.8 Å². The number of rotatable bonds is 5. The number of likely N-dealkylation sites (tertiary alicyclic amines) is 1. The van der Waals surface area contributed by atoms with E-state index in [1.54, 1.807) is 7.11 Å². The number of carbonyl (C=O) groups is 2. The maximum Gasteiger partial charge on any atom is 0.307 e. The van der Waals surface area contributed by atoms with Crippen LogP contribution in [0.25, 0.3) is 0 Å². The summed E-state index contributed by atoms with van der Waals surface area (Å²) < 4.78 is 5.13. The molecule has 0 aromatic rings. The van der Waals surface area contributed by atoms with Crippen molar-refractivity contribution in [1.82, 2.24) is 4.90 Å². The molecular formula is C15H25NO4. The smallest absolute Gasteiger partial charge is 0.307 e. The van der Waals surface area contributed by atoms with Gasteiger partial charge in [0.05, 0.1) is 11.8 Å². The average Bonchev–Trinajstić information content (AvgIpc) is 2.59. The molecule has 1 saturated heterocycles. The van der Waals surface area contributed by atoms with Gasteiger partial charge in [0.25, 0.3) is 0 Å². The maximum absolute atomic E-state index is 12.5. The number of carboxylic acids is 1. The van der Waals surface area contributed by atoms with E-state index in [-0.39, 0.29) is 11.8 Å². The van der Waals surface area contributed by atoms with Crippen molar-refractivity contribution in [2.45, 2.75) is 38.5 Å². The zero-order valence-corrected chi connectivity index (χ0v) is 12.2. The van der Waals surface area contributed by atoms with Crippen molar-refractivity contribution in [3.63, 3.8) is 0 Å². The number of carboxylic acid groups (broad SMARTS) is 1. The Hall–Kier alpha value is -1.10. The molecule has 0 bridgehead atoms. The lowest BCUT2D eigenvalue weighted by atomic mass is 9.73. The molecule has 0 radical (unpaired) electrons. The van der Waals surface area contributed by atoms with Gasteiger partial charge in [-0.3, -0.25) is 9.59 Å². The van der Waals surface area contributed by atoms with E-state index in [2.05, 4.69) is 0 Å². The number of hydrogen-bond acceptors (Lipinski definition) is 3. The van der Waals surface area contributed by atoms with Gasteiger partial charge in [-0.25, -0.2) is 0 Å². The maximum atomic E-state index is 12.5. The number of ether oxygens (including phenoxy) is 1. The molecule has 3 atom stereocenters. The first-order valence-corrected chi connectivity index (χ1v) is 7.64. The fourth-order valence-corrected chi connectivity index (χ4v) is 3.28. The van der Waals surface area contributed by atoms with Gasteiger partial charge in [-0.2, -0.15) is 0 Å². The van der Waals surface area contributed by atoms with Gasteiger partial charge in [-0.05, 0) is 38.0 Å². The molecule has 5 nitrogen and oxygen atoms in total. The van der Waals surface area contributed by atoms with Crippen molar-refractivity contribution >= 4 is 11.9 Å². The fraction of sp³-hybridized carbons (Fsp3) is 0.867. The summed E-state index contributed by atoms with van der Waals surface area (Å²) in [6.07, 6.45) is 5.67. The number of methoxy groups -OCH3 is 1. The zero-order chi connectivity index (χ0) is 14.5. The Kier molecular flexibility index (Phi) is 5.40. The van der Waals surface area contributed by atoms with E-state index >= 15 is 0 Å². The molecule has 1 heterocycles. The molecule has 1 saturated carbocycles. The van der Waals surface area contributed by atoms with Gasteiger partial charge in [0.1, 0.15) is 0 Å². The Morgan fingerprint density at radius 2 is 1.95 bits per heavy atom. The van der Waals surface area contributed by atoms with E-state index in [0.29, 0.717) is 12.3 Å². The van der Waals surface area contributed by atoms with Gasteiger partial charge in [-0.15, -0.1) is 0 Å². The third-order valence-electron chi connectivity index (χ3n) is 4.72. The Balaban J connectivity index is 1.92. The monoisotopic (exact) mass is 283 g/mol. The van der Waals surface area contributed by atoms with Crippen molar-refractivity contribution in [1.29, 1.82) is 0 Å². The highest BCUT2D eigenvalue weighted by Gasteiger charge is 2.43. The largest absolute Gasteiger partial charge is 0.481 e. The van der Waals surface area contributed by atoms with Crippen LogP contribution < -0.4 is 0 Å². The first-order chi connectivity index (χ1) is 9.63. The minimum Gasteiger partial charge on any atom is -0.481 e. The third-order valence-corrected chi connectivity index (χ3v) is 4.72. The molecular weight excluding hydrogens is 258 g/mol. The molecule has 1 amide bonds. The van der Waals surface area contributed by atoms with Crippen LogP contribution in [0.2, 0.25) is 0 Å². The molecule has 114 valence electrons. The van der Waals surface area contributed by atoms with E-state index in [0.717, 1.165) is 51.8 Å². The SMILES string of the molecule is COCCC1CCCCN(C(=O)C2CCC2C(=O)O)C1. The number of aliphatic carboxylic acids is 1. The predicted octanol–water partition coefficient (Wildman–Crippen LogP) is 1.76. The van der Waals surface area contributed by atoms with Crippen LogP contribution >= 0.6 is 0 Å². The van der Waals surface area contributed by atoms with Gasteiger partial charge < -0.3 is 14.7 Å². The van der Waals surface area contributed by atoms with Crippen molar-refractivity contribution in [2.75, 3.05) is 26.8 Å². The van der Waals surface area contributed by atoms with Gasteiger partial charge in [-0.1, -0.05) is 6.42 Å². The Labute approximate surface area is 120 Å². The van der Waals surface area contributed by atoms with E-state index in [1.807, 2.05) is 4.90 Å². The average molecular weight is 283 g/mol. The second-order valence-electron chi connectivity index (χ2n) is 6.06. The minimum absolute atomic E-state index is 0.0629. The highest BCUT2D eigenvalue weighted by molar-refractivity contribution is 5.86. The van der Waals surface area contributed by atoms with E-state index in [1.165, 1.54) is 0 Å². The van der Waals surface area contributed by atoms with Crippen LogP contribution in [-0.2, 0) is 14.3 Å². The van der Waals surface area contributed by atoms with Crippen molar-refractivity contribution in [3.05, 3.63) is 0 Å². The highest BCUT2D eigenvalue weighted by Crippen LogP contribution is 2.36. The number of hydrogen-bond donors (Lipinski definition) is 1. The van der Waals surface area contributed by atoms with Gasteiger partial charge in [0.2, 0.25) is 5.91 Å². The molecule has 20 heavy (non-hydrogen) atoms. The molecule has 1 N–H and O–H groups in total. The summed E-state index contributed by atoms with van der Waals surface area (Å²) in [4.78, 5) is 25.5. The summed E-state index contributed by atoms with van der Waals surface area (Å²) in [6.45, 7) is 2.28. The summed E-state index contributed by atoms with van der Waals surface area (Å²) in [7, 11) is 1.70. The minimum atomic E-state index is -0.819. The van der Waals surface area contributed by atoms with Crippen LogP contribution in [0.3, 0.4) is 0 Å². The van der Waals surface area contributed by atoms with Gasteiger partial charge in [0.15, 0.2) is 0 Å². The lowest BCUT2D eigenvalue weighted by Gasteiger charge is -2.36. The first-order valence-electron chi connectivity index (χ1n) is 7.64. The predicted molar refractivity (Wildman–Crippen MR) is 74.3 cm³/mol. The lowest BCUT2D eigenvalue weighted by molar-refractivity contribution is -0.156. The van der Waals surface area contributed by atoms with Crippen LogP contribution in [0.1, 0.15) is 38.5 Å². The summed E-state index contributed by atoms with van der Waals surface area (Å²) in [5.74, 6) is -1.00. The molecule has 2 rings (SSSR count). The molecule has 3 unspecified atom stereocenters. The van der Waals surface area contributed by atoms with Crippen molar-refractivity contribution in [3.8, 4) is 0 Å². The Bertz CT molecular complexity index is 358. The van der Waals surface area contributed by atoms with Gasteiger partial charge >= 0.3 is 5.97 Å². The third kappa shape index (κ3) is 3.51. The van der Waals surface area contributed by atoms with Crippen molar-refractivity contribution in [2.24, 2.45) is 17.8 Å². The Morgan fingerprint density at radius 1 is 1.20 bits per heavy atom. The van der Waals surface area contributed by atoms with E-state index in [4.69, 9.17) is 9.84 Å². The number of amides is 1. The van der Waals surface area contributed by atoms with Gasteiger partial charge in [0, 0.05) is 26.8 Å². The number of nitrogens with zero attached hydrogens (tertiary/aromatic N) is 1. The van der Waals surface area contributed by atoms with Crippen LogP contribution in [0.4, 0.5) is 0 Å². The second-order valence-corrected chi connectivity index (χ2v) is 6.06. The second kappa shape index (κ2) is 7.07. The summed E-state index contributed by atoms with van der Waals surface area (Å²) in [5.41, 5.74) is 0. The highest BCUT2D eigenvalue weighted by atomic mass is 16.5. The molecule has 1 aliphatic carbocycles. The van der Waals surface area contributed by atoms with E-state index < -0.39 is 11.9 Å². The summed E-state index contributed by atoms with van der Waals surface area (Å²) in [5, 5.41) is 9.09. The molecule has 0 aromatic carbocycles. The number of carbonyl (C=O) groups excluding carboxylic acids is 1. The fourth-order valence-electron chi connectivity index (χ4n) is 3.28. The first kappa shape index (κ1) is 15.3. The molecule has 2 fully saturated rings. The summed E-state index contributed by atoms with van der Waals surface area (Å²) in [6, 6.07) is 0. The molecule has 5 heteroatoms. The molecule has 0 aromatic heterocycles. The lowest BCUT2D eigenvalue weighted by Crippen LogP contribution is -2.47. The van der Waals surface area contributed by atoms with E-state index in [9.17, 15) is 9.59 Å². The van der Waals surface area contributed by atoms with Crippen molar-refractivity contribution < 1.29 is 19.4 Å².